The molecular formula is C25H25N3O3. The summed E-state index contributed by atoms with van der Waals surface area (Å²) in [6.45, 7) is 6.52. The minimum atomic E-state index is -1.32. The molecule has 0 bridgehead atoms. The van der Waals surface area contributed by atoms with Crippen molar-refractivity contribution >= 4 is 28.4 Å². The molecule has 0 radical (unpaired) electrons. The summed E-state index contributed by atoms with van der Waals surface area (Å²) in [5.41, 5.74) is 10.5. The van der Waals surface area contributed by atoms with Crippen LogP contribution in [0.15, 0.2) is 71.3 Å². The fraction of sp³-hybridized carbons (Fsp3) is 0.200. The Labute approximate surface area is 180 Å². The Morgan fingerprint density at radius 2 is 1.77 bits per heavy atom. The van der Waals surface area contributed by atoms with Gasteiger partial charge in [0.2, 0.25) is 0 Å². The quantitative estimate of drug-likeness (QED) is 0.433. The van der Waals surface area contributed by atoms with Gasteiger partial charge in [0.25, 0.3) is 5.91 Å². The molecule has 31 heavy (non-hydrogen) atoms. The van der Waals surface area contributed by atoms with Gasteiger partial charge in [-0.3, -0.25) is 4.79 Å². The van der Waals surface area contributed by atoms with E-state index in [0.717, 1.165) is 11.1 Å². The minimum absolute atomic E-state index is 0.0785. The van der Waals surface area contributed by atoms with E-state index in [1.165, 1.54) is 5.56 Å². The zero-order valence-electron chi connectivity index (χ0n) is 17.7. The summed E-state index contributed by atoms with van der Waals surface area (Å²) in [6.07, 6.45) is -1.32. The monoisotopic (exact) mass is 415 g/mol. The van der Waals surface area contributed by atoms with Gasteiger partial charge in [-0.1, -0.05) is 68.4 Å². The first kappa shape index (κ1) is 20.6. The van der Waals surface area contributed by atoms with E-state index in [0.29, 0.717) is 28.0 Å². The Balaban J connectivity index is 1.52. The van der Waals surface area contributed by atoms with Crippen molar-refractivity contribution in [2.45, 2.75) is 32.3 Å². The molecule has 0 saturated carbocycles. The van der Waals surface area contributed by atoms with Crippen molar-refractivity contribution in [2.75, 3.05) is 11.1 Å². The first-order chi connectivity index (χ1) is 14.7. The molecular weight excluding hydrogens is 390 g/mol. The molecule has 1 amide bonds. The van der Waals surface area contributed by atoms with Crippen LogP contribution in [0.2, 0.25) is 0 Å². The lowest BCUT2D eigenvalue weighted by Crippen LogP contribution is -2.20. The van der Waals surface area contributed by atoms with Crippen molar-refractivity contribution in [1.29, 1.82) is 0 Å². The lowest BCUT2D eigenvalue weighted by Gasteiger charge is -2.19. The Hall–Kier alpha value is -3.64. The third kappa shape index (κ3) is 4.29. The predicted octanol–water partition coefficient (Wildman–Crippen LogP) is 5.05. The van der Waals surface area contributed by atoms with Crippen LogP contribution in [0.1, 0.15) is 38.0 Å². The highest BCUT2D eigenvalue weighted by molar-refractivity contribution is 5.97. The van der Waals surface area contributed by atoms with E-state index >= 15 is 0 Å². The van der Waals surface area contributed by atoms with E-state index in [9.17, 15) is 9.90 Å². The van der Waals surface area contributed by atoms with E-state index in [2.05, 4.69) is 55.5 Å². The molecule has 4 N–H and O–H groups in total. The van der Waals surface area contributed by atoms with Crippen LogP contribution < -0.4 is 11.1 Å². The number of nitrogens with zero attached hydrogens (tertiary/aromatic N) is 1. The van der Waals surface area contributed by atoms with Crippen molar-refractivity contribution in [3.8, 4) is 11.1 Å². The molecule has 0 aliphatic carbocycles. The molecule has 0 spiro atoms. The number of aliphatic hydroxyl groups excluding tert-OH is 1. The maximum atomic E-state index is 12.6. The summed E-state index contributed by atoms with van der Waals surface area (Å²) in [7, 11) is 0. The number of carbonyl (C=O) groups is 1. The highest BCUT2D eigenvalue weighted by Crippen LogP contribution is 2.28. The fourth-order valence-corrected chi connectivity index (χ4v) is 3.45. The summed E-state index contributed by atoms with van der Waals surface area (Å²) in [4.78, 5) is 12.6. The maximum absolute atomic E-state index is 12.6. The number of nitrogen functional groups attached to an aromatic ring is 1. The number of carbonyl (C=O) groups excluding carboxylic acids is 1. The van der Waals surface area contributed by atoms with Crippen LogP contribution in [-0.4, -0.2) is 16.2 Å². The second kappa shape index (κ2) is 7.89. The van der Waals surface area contributed by atoms with E-state index in [4.69, 9.17) is 10.3 Å². The maximum Gasteiger partial charge on any atom is 0.257 e. The van der Waals surface area contributed by atoms with Gasteiger partial charge in [-0.05, 0) is 45.9 Å². The average molecular weight is 415 g/mol. The lowest BCUT2D eigenvalue weighted by molar-refractivity contribution is -0.124. The van der Waals surface area contributed by atoms with Crippen LogP contribution in [0.25, 0.3) is 22.1 Å². The summed E-state index contributed by atoms with van der Waals surface area (Å²) in [6, 6.07) is 20.7. The number of anilines is 2. The number of rotatable bonds is 4. The first-order valence-corrected chi connectivity index (χ1v) is 10.1. The third-order valence-electron chi connectivity index (χ3n) is 5.30. The van der Waals surface area contributed by atoms with Crippen molar-refractivity contribution in [2.24, 2.45) is 0 Å². The summed E-state index contributed by atoms with van der Waals surface area (Å²) in [5.74, 6) is -0.243. The molecule has 3 aromatic carbocycles. The molecule has 0 saturated heterocycles. The minimum Gasteiger partial charge on any atom is -0.380 e. The van der Waals surface area contributed by atoms with Gasteiger partial charge in [0.15, 0.2) is 17.5 Å². The van der Waals surface area contributed by atoms with E-state index in [-0.39, 0.29) is 5.41 Å². The Kier molecular flexibility index (Phi) is 5.25. The Bertz CT molecular complexity index is 1240. The van der Waals surface area contributed by atoms with Gasteiger partial charge in [0, 0.05) is 11.8 Å². The van der Waals surface area contributed by atoms with Gasteiger partial charge in [-0.2, -0.15) is 0 Å². The van der Waals surface area contributed by atoms with Crippen molar-refractivity contribution in [3.05, 3.63) is 77.9 Å². The number of aliphatic hydroxyl groups is 1. The highest BCUT2D eigenvalue weighted by Gasteiger charge is 2.19. The zero-order chi connectivity index (χ0) is 22.2. The van der Waals surface area contributed by atoms with E-state index in [1.807, 2.05) is 18.2 Å². The molecule has 1 unspecified atom stereocenters. The second-order valence-corrected chi connectivity index (χ2v) is 8.62. The van der Waals surface area contributed by atoms with Crippen molar-refractivity contribution in [1.82, 2.24) is 5.16 Å². The van der Waals surface area contributed by atoms with Crippen molar-refractivity contribution < 1.29 is 14.4 Å². The molecule has 6 nitrogen and oxygen atoms in total. The smallest absolute Gasteiger partial charge is 0.257 e. The molecule has 1 atom stereocenters. The van der Waals surface area contributed by atoms with Gasteiger partial charge >= 0.3 is 0 Å². The number of hydrogen-bond acceptors (Lipinski definition) is 5. The highest BCUT2D eigenvalue weighted by atomic mass is 16.5. The van der Waals surface area contributed by atoms with Crippen molar-refractivity contribution in [3.63, 3.8) is 0 Å². The first-order valence-electron chi connectivity index (χ1n) is 10.1. The fourth-order valence-electron chi connectivity index (χ4n) is 3.45. The summed E-state index contributed by atoms with van der Waals surface area (Å²) < 4.78 is 5.12. The molecule has 158 valence electrons. The number of benzene rings is 3. The van der Waals surface area contributed by atoms with Gasteiger partial charge in [-0.25, -0.2) is 0 Å². The lowest BCUT2D eigenvalue weighted by atomic mass is 9.86. The normalized spacial score (nSPS) is 12.6. The summed E-state index contributed by atoms with van der Waals surface area (Å²) in [5, 5.41) is 17.7. The standard InChI is InChI=1S/C25H25N3O3/c1-25(2,3)18-9-7-15(8-10-18)16-5-4-6-17(13-16)22(29)24(30)27-19-11-12-20-21(14-19)31-28-23(20)26/h4-14,22,29H,1-3H3,(H2,26,28)(H,27,30). The number of amides is 1. The number of aromatic nitrogens is 1. The largest absolute Gasteiger partial charge is 0.380 e. The number of nitrogens with one attached hydrogen (secondary N) is 1. The SMILES string of the molecule is CC(C)(C)c1ccc(-c2cccc(C(O)C(=O)Nc3ccc4c(N)noc4c3)c2)cc1. The van der Waals surface area contributed by atoms with Crippen LogP contribution in [0.5, 0.6) is 0 Å². The van der Waals surface area contributed by atoms with E-state index in [1.54, 1.807) is 24.3 Å². The number of nitrogens with two attached hydrogens (primary N) is 1. The van der Waals surface area contributed by atoms with Gasteiger partial charge in [0.05, 0.1) is 5.39 Å². The molecule has 0 fully saturated rings. The van der Waals surface area contributed by atoms with Gasteiger partial charge < -0.3 is 20.7 Å². The number of hydrogen-bond donors (Lipinski definition) is 3. The Morgan fingerprint density at radius 3 is 2.48 bits per heavy atom. The van der Waals surface area contributed by atoms with Crippen LogP contribution in [0, 0.1) is 0 Å². The molecule has 4 aromatic rings. The predicted molar refractivity (Wildman–Crippen MR) is 123 cm³/mol. The summed E-state index contributed by atoms with van der Waals surface area (Å²) >= 11 is 0. The molecule has 0 aliphatic rings. The average Bonchev–Trinajstić information content (AvgIpc) is 3.13. The molecule has 0 aliphatic heterocycles. The number of fused-ring (bicyclic) bond motifs is 1. The van der Waals surface area contributed by atoms with Gasteiger partial charge in [-0.15, -0.1) is 0 Å². The van der Waals surface area contributed by atoms with Gasteiger partial charge in [0.1, 0.15) is 0 Å². The van der Waals surface area contributed by atoms with Crippen LogP contribution in [0.4, 0.5) is 11.5 Å². The molecule has 4 rings (SSSR count). The molecule has 1 aromatic heterocycles. The van der Waals surface area contributed by atoms with Crippen LogP contribution >= 0.6 is 0 Å². The topological polar surface area (TPSA) is 101 Å². The van der Waals surface area contributed by atoms with E-state index < -0.39 is 12.0 Å². The van der Waals surface area contributed by atoms with Crippen LogP contribution in [-0.2, 0) is 10.2 Å². The zero-order valence-corrected chi connectivity index (χ0v) is 17.7. The third-order valence-corrected chi connectivity index (χ3v) is 5.30. The Morgan fingerprint density at radius 1 is 1.03 bits per heavy atom. The van der Waals surface area contributed by atoms with Crippen LogP contribution in [0.3, 0.4) is 0 Å². The molecule has 6 heteroatoms. The molecule has 1 heterocycles. The second-order valence-electron chi connectivity index (χ2n) is 8.62.